The van der Waals surface area contributed by atoms with E-state index in [9.17, 15) is 13.2 Å². The lowest BCUT2D eigenvalue weighted by Crippen LogP contribution is -2.38. The number of carbonyl (C=O) groups is 1. The van der Waals surface area contributed by atoms with Gasteiger partial charge in [0.15, 0.2) is 0 Å². The number of aromatic carboxylic acids is 1. The van der Waals surface area contributed by atoms with E-state index in [0.717, 1.165) is 30.6 Å². The Hall–Kier alpha value is -0.570. The predicted octanol–water partition coefficient (Wildman–Crippen LogP) is 2.01. The van der Waals surface area contributed by atoms with Gasteiger partial charge in [-0.25, -0.2) is 17.9 Å². The molecule has 0 aliphatic heterocycles. The molecule has 1 aromatic heterocycles. The molecule has 106 valence electrons. The van der Waals surface area contributed by atoms with Gasteiger partial charge in [0, 0.05) is 11.3 Å². The van der Waals surface area contributed by atoms with Crippen LogP contribution in [0.25, 0.3) is 0 Å². The minimum atomic E-state index is -3.75. The topological polar surface area (TPSA) is 83.5 Å². The van der Waals surface area contributed by atoms with Crippen LogP contribution in [0.15, 0.2) is 16.3 Å². The van der Waals surface area contributed by atoms with Crippen molar-refractivity contribution in [3.05, 3.63) is 16.3 Å². The molecule has 0 radical (unpaired) electrons. The number of carboxylic acid groups (broad SMARTS) is 1. The van der Waals surface area contributed by atoms with Crippen molar-refractivity contribution < 1.29 is 18.3 Å². The van der Waals surface area contributed by atoms with Crippen molar-refractivity contribution in [1.29, 1.82) is 0 Å². The Morgan fingerprint density at radius 1 is 1.53 bits per heavy atom. The van der Waals surface area contributed by atoms with Gasteiger partial charge in [0.25, 0.3) is 0 Å². The number of hydrogen-bond acceptors (Lipinski definition) is 5. The van der Waals surface area contributed by atoms with Crippen LogP contribution >= 0.6 is 23.1 Å². The third-order valence-corrected chi connectivity index (χ3v) is 6.91. The number of hydrogen-bond donors (Lipinski definition) is 2. The van der Waals surface area contributed by atoms with Gasteiger partial charge in [-0.05, 0) is 30.5 Å². The zero-order valence-electron chi connectivity index (χ0n) is 10.3. The smallest absolute Gasteiger partial charge is 0.347 e. The van der Waals surface area contributed by atoms with Crippen molar-refractivity contribution >= 4 is 39.1 Å². The van der Waals surface area contributed by atoms with Gasteiger partial charge in [-0.3, -0.25) is 0 Å². The lowest BCUT2D eigenvalue weighted by Gasteiger charge is -2.18. The van der Waals surface area contributed by atoms with Crippen LogP contribution in [0.4, 0.5) is 0 Å². The molecule has 2 N–H and O–H groups in total. The quantitative estimate of drug-likeness (QED) is 0.867. The third-order valence-electron chi connectivity index (χ3n) is 3.17. The number of thiophene rings is 1. The summed E-state index contributed by atoms with van der Waals surface area (Å²) < 4.78 is 27.2. The molecule has 0 aromatic carbocycles. The summed E-state index contributed by atoms with van der Waals surface area (Å²) >= 11 is 2.57. The van der Waals surface area contributed by atoms with E-state index >= 15 is 0 Å². The second kappa shape index (κ2) is 5.82. The molecule has 1 aliphatic carbocycles. The number of nitrogens with one attached hydrogen (secondary N) is 1. The van der Waals surface area contributed by atoms with E-state index in [1.807, 2.05) is 6.26 Å². The minimum absolute atomic E-state index is 0.110. The molecule has 19 heavy (non-hydrogen) atoms. The Kier molecular flexibility index (Phi) is 4.54. The predicted molar refractivity (Wildman–Crippen MR) is 76.5 cm³/mol. The Morgan fingerprint density at radius 2 is 2.26 bits per heavy atom. The fourth-order valence-electron chi connectivity index (χ4n) is 2.27. The first-order valence-corrected chi connectivity index (χ1v) is 9.46. The Labute approximate surface area is 120 Å². The maximum atomic E-state index is 12.3. The highest BCUT2D eigenvalue weighted by molar-refractivity contribution is 7.99. The van der Waals surface area contributed by atoms with Crippen LogP contribution in [-0.4, -0.2) is 37.0 Å². The van der Waals surface area contributed by atoms with Gasteiger partial charge in [0.05, 0.1) is 0 Å². The summed E-state index contributed by atoms with van der Waals surface area (Å²) in [7, 11) is -3.75. The SMILES string of the molecule is CSC1CCCC1NS(=O)(=O)c1ccsc1C(=O)O. The van der Waals surface area contributed by atoms with E-state index in [1.54, 1.807) is 11.8 Å². The molecular formula is C11H15NO4S3. The summed E-state index contributed by atoms with van der Waals surface area (Å²) in [6.45, 7) is 0. The molecule has 1 saturated carbocycles. The average Bonchev–Trinajstić information content (AvgIpc) is 2.95. The average molecular weight is 321 g/mol. The largest absolute Gasteiger partial charge is 0.477 e. The molecule has 2 atom stereocenters. The van der Waals surface area contributed by atoms with Crippen molar-refractivity contribution in [1.82, 2.24) is 4.72 Å². The van der Waals surface area contributed by atoms with Gasteiger partial charge in [-0.1, -0.05) is 6.42 Å². The maximum absolute atomic E-state index is 12.3. The van der Waals surface area contributed by atoms with E-state index in [2.05, 4.69) is 4.72 Å². The lowest BCUT2D eigenvalue weighted by molar-refractivity contribution is 0.0698. The van der Waals surface area contributed by atoms with Crippen LogP contribution in [0.3, 0.4) is 0 Å². The van der Waals surface area contributed by atoms with Crippen molar-refractivity contribution in [2.45, 2.75) is 35.4 Å². The van der Waals surface area contributed by atoms with Gasteiger partial charge in [-0.15, -0.1) is 11.3 Å². The number of rotatable bonds is 5. The first-order chi connectivity index (χ1) is 8.95. The molecule has 1 aliphatic rings. The molecule has 0 bridgehead atoms. The zero-order chi connectivity index (χ0) is 14.0. The van der Waals surface area contributed by atoms with E-state index in [-0.39, 0.29) is 21.1 Å². The molecule has 8 heteroatoms. The van der Waals surface area contributed by atoms with E-state index in [4.69, 9.17) is 5.11 Å². The van der Waals surface area contributed by atoms with Crippen molar-refractivity contribution in [2.24, 2.45) is 0 Å². The molecule has 2 unspecified atom stereocenters. The van der Waals surface area contributed by atoms with Crippen molar-refractivity contribution in [3.63, 3.8) is 0 Å². The lowest BCUT2D eigenvalue weighted by atomic mass is 10.3. The summed E-state index contributed by atoms with van der Waals surface area (Å²) in [5.74, 6) is -1.21. The molecule has 0 amide bonds. The summed E-state index contributed by atoms with van der Waals surface area (Å²) in [5, 5.41) is 10.7. The van der Waals surface area contributed by atoms with Crippen LogP contribution in [-0.2, 0) is 10.0 Å². The van der Waals surface area contributed by atoms with E-state index in [0.29, 0.717) is 0 Å². The van der Waals surface area contributed by atoms with Gasteiger partial charge in [-0.2, -0.15) is 11.8 Å². The standard InChI is InChI=1S/C11H15NO4S3/c1-17-8-4-2-3-7(8)12-19(15,16)9-5-6-18-10(9)11(13)14/h5-8,12H,2-4H2,1H3,(H,13,14). The highest BCUT2D eigenvalue weighted by atomic mass is 32.2. The molecule has 1 fully saturated rings. The number of thioether (sulfide) groups is 1. The second-order valence-corrected chi connectivity index (χ2v) is 8.03. The van der Waals surface area contributed by atoms with Gasteiger partial charge < -0.3 is 5.11 Å². The molecule has 2 rings (SSSR count). The highest BCUT2D eigenvalue weighted by Gasteiger charge is 2.32. The summed E-state index contributed by atoms with van der Waals surface area (Å²) in [5.41, 5.74) is 0. The Morgan fingerprint density at radius 3 is 2.89 bits per heavy atom. The van der Waals surface area contributed by atoms with Gasteiger partial charge in [0.1, 0.15) is 9.77 Å². The minimum Gasteiger partial charge on any atom is -0.477 e. The normalized spacial score (nSPS) is 23.6. The van der Waals surface area contributed by atoms with Crippen LogP contribution in [0.5, 0.6) is 0 Å². The van der Waals surface area contributed by atoms with Gasteiger partial charge >= 0.3 is 5.97 Å². The van der Waals surface area contributed by atoms with Crippen LogP contribution in [0.1, 0.15) is 28.9 Å². The number of carboxylic acids is 1. The van der Waals surface area contributed by atoms with Crippen molar-refractivity contribution in [3.8, 4) is 0 Å². The van der Waals surface area contributed by atoms with Crippen LogP contribution < -0.4 is 4.72 Å². The van der Waals surface area contributed by atoms with Gasteiger partial charge in [0.2, 0.25) is 10.0 Å². The Balaban J connectivity index is 2.23. The zero-order valence-corrected chi connectivity index (χ0v) is 12.8. The Bertz CT molecular complexity index is 566. The maximum Gasteiger partial charge on any atom is 0.347 e. The fraction of sp³-hybridized carbons (Fsp3) is 0.545. The monoisotopic (exact) mass is 321 g/mol. The summed E-state index contributed by atoms with van der Waals surface area (Å²) in [4.78, 5) is 10.7. The van der Waals surface area contributed by atoms with Crippen LogP contribution in [0, 0.1) is 0 Å². The molecule has 5 nitrogen and oxygen atoms in total. The van der Waals surface area contributed by atoms with Crippen LogP contribution in [0.2, 0.25) is 0 Å². The fourth-order valence-corrected chi connectivity index (χ4v) is 5.86. The van der Waals surface area contributed by atoms with E-state index < -0.39 is 16.0 Å². The summed E-state index contributed by atoms with van der Waals surface area (Å²) in [6.07, 6.45) is 4.75. The first kappa shape index (κ1) is 14.8. The third kappa shape index (κ3) is 3.13. The highest BCUT2D eigenvalue weighted by Crippen LogP contribution is 2.30. The molecule has 1 aromatic rings. The molecular weight excluding hydrogens is 306 g/mol. The number of sulfonamides is 1. The van der Waals surface area contributed by atoms with E-state index in [1.165, 1.54) is 11.4 Å². The molecule has 1 heterocycles. The first-order valence-electron chi connectivity index (χ1n) is 5.81. The van der Waals surface area contributed by atoms with Crippen molar-refractivity contribution in [2.75, 3.05) is 6.26 Å². The second-order valence-electron chi connectivity index (χ2n) is 4.35. The molecule has 0 spiro atoms. The summed E-state index contributed by atoms with van der Waals surface area (Å²) in [6, 6.07) is 1.24. The molecule has 0 saturated heterocycles.